The third-order valence-corrected chi connectivity index (χ3v) is 5.37. The molecule has 2 saturated carbocycles. The van der Waals surface area contributed by atoms with Gasteiger partial charge in [0.25, 0.3) is 0 Å². The monoisotopic (exact) mass is 262 g/mol. The molecular formula is C17H26O2. The summed E-state index contributed by atoms with van der Waals surface area (Å²) in [5.41, 5.74) is -0.704. The molecular weight excluding hydrogens is 236 g/mol. The van der Waals surface area contributed by atoms with Crippen LogP contribution in [0.3, 0.4) is 0 Å². The van der Waals surface area contributed by atoms with Gasteiger partial charge in [-0.15, -0.1) is 0 Å². The van der Waals surface area contributed by atoms with Gasteiger partial charge in [-0.25, -0.2) is 0 Å². The first-order valence-corrected chi connectivity index (χ1v) is 8.08. The van der Waals surface area contributed by atoms with E-state index in [9.17, 15) is 5.11 Å². The number of furan rings is 1. The van der Waals surface area contributed by atoms with Crippen LogP contribution in [-0.4, -0.2) is 5.11 Å². The van der Waals surface area contributed by atoms with E-state index in [0.29, 0.717) is 11.8 Å². The Bertz CT molecular complexity index is 352. The number of hydrogen-bond acceptors (Lipinski definition) is 2. The minimum absolute atomic E-state index is 0.399. The molecule has 0 bridgehead atoms. The Morgan fingerprint density at radius 1 is 0.895 bits per heavy atom. The first kappa shape index (κ1) is 13.2. The second-order valence-electron chi connectivity index (χ2n) is 6.47. The van der Waals surface area contributed by atoms with E-state index < -0.39 is 5.60 Å². The molecule has 0 unspecified atom stereocenters. The smallest absolute Gasteiger partial charge is 0.135 e. The van der Waals surface area contributed by atoms with Crippen molar-refractivity contribution < 1.29 is 9.52 Å². The molecule has 0 spiro atoms. The van der Waals surface area contributed by atoms with Gasteiger partial charge < -0.3 is 9.52 Å². The molecule has 0 aliphatic heterocycles. The average Bonchev–Trinajstić information content (AvgIpc) is 3.03. The van der Waals surface area contributed by atoms with Crippen LogP contribution in [0, 0.1) is 11.8 Å². The fourth-order valence-corrected chi connectivity index (χ4v) is 4.33. The van der Waals surface area contributed by atoms with Crippen LogP contribution in [0.25, 0.3) is 0 Å². The molecule has 2 aliphatic carbocycles. The van der Waals surface area contributed by atoms with E-state index in [-0.39, 0.29) is 0 Å². The Kier molecular flexibility index (Phi) is 3.97. The summed E-state index contributed by atoms with van der Waals surface area (Å²) in [5.74, 6) is 1.62. The van der Waals surface area contributed by atoms with Crippen LogP contribution >= 0.6 is 0 Å². The lowest BCUT2D eigenvalue weighted by molar-refractivity contribution is -0.113. The zero-order valence-electron chi connectivity index (χ0n) is 11.8. The minimum Gasteiger partial charge on any atom is -0.466 e. The fraction of sp³-hybridized carbons (Fsp3) is 0.765. The summed E-state index contributed by atoms with van der Waals surface area (Å²) in [5, 5.41) is 11.5. The number of rotatable bonds is 3. The molecule has 0 atom stereocenters. The molecule has 2 heteroatoms. The molecule has 1 aromatic heterocycles. The molecule has 2 fully saturated rings. The zero-order chi connectivity index (χ0) is 13.1. The summed E-state index contributed by atoms with van der Waals surface area (Å²) in [7, 11) is 0. The highest BCUT2D eigenvalue weighted by atomic mass is 16.4. The van der Waals surface area contributed by atoms with Crippen molar-refractivity contribution in [2.75, 3.05) is 0 Å². The summed E-state index contributed by atoms with van der Waals surface area (Å²) in [6.45, 7) is 0. The summed E-state index contributed by atoms with van der Waals surface area (Å²) < 4.78 is 5.66. The summed E-state index contributed by atoms with van der Waals surface area (Å²) >= 11 is 0. The van der Waals surface area contributed by atoms with Crippen LogP contribution in [-0.2, 0) is 5.60 Å². The van der Waals surface area contributed by atoms with Crippen LogP contribution in [0.2, 0.25) is 0 Å². The third-order valence-electron chi connectivity index (χ3n) is 5.37. The second kappa shape index (κ2) is 5.70. The topological polar surface area (TPSA) is 33.4 Å². The molecule has 106 valence electrons. The normalized spacial score (nSPS) is 23.6. The SMILES string of the molecule is OC(c1ccco1)(C1CCCCC1)C1CCCCC1. The van der Waals surface area contributed by atoms with Gasteiger partial charge in [-0.2, -0.15) is 0 Å². The molecule has 0 saturated heterocycles. The van der Waals surface area contributed by atoms with Crippen LogP contribution < -0.4 is 0 Å². The van der Waals surface area contributed by atoms with Gasteiger partial charge in [-0.1, -0.05) is 38.5 Å². The van der Waals surface area contributed by atoms with Crippen molar-refractivity contribution in [1.82, 2.24) is 0 Å². The molecule has 1 N–H and O–H groups in total. The van der Waals surface area contributed by atoms with Gasteiger partial charge >= 0.3 is 0 Å². The fourth-order valence-electron chi connectivity index (χ4n) is 4.33. The number of hydrogen-bond donors (Lipinski definition) is 1. The van der Waals surface area contributed by atoms with E-state index in [1.165, 1.54) is 38.5 Å². The summed E-state index contributed by atoms with van der Waals surface area (Å²) in [6, 6.07) is 3.91. The highest BCUT2D eigenvalue weighted by Crippen LogP contribution is 2.48. The predicted octanol–water partition coefficient (Wildman–Crippen LogP) is 4.63. The number of aliphatic hydroxyl groups is 1. The predicted molar refractivity (Wildman–Crippen MR) is 75.8 cm³/mol. The van der Waals surface area contributed by atoms with Crippen LogP contribution in [0.4, 0.5) is 0 Å². The second-order valence-corrected chi connectivity index (χ2v) is 6.47. The van der Waals surface area contributed by atoms with E-state index >= 15 is 0 Å². The van der Waals surface area contributed by atoms with Gasteiger partial charge in [0.2, 0.25) is 0 Å². The van der Waals surface area contributed by atoms with Crippen molar-refractivity contribution in [2.45, 2.75) is 69.8 Å². The van der Waals surface area contributed by atoms with Gasteiger partial charge in [0.1, 0.15) is 11.4 Å². The Morgan fingerprint density at radius 3 is 1.84 bits per heavy atom. The van der Waals surface area contributed by atoms with Gasteiger partial charge in [0.05, 0.1) is 6.26 Å². The molecule has 1 aromatic rings. The highest BCUT2D eigenvalue weighted by molar-refractivity contribution is 5.14. The first-order chi connectivity index (χ1) is 9.32. The average molecular weight is 262 g/mol. The van der Waals surface area contributed by atoms with E-state index in [4.69, 9.17) is 4.42 Å². The van der Waals surface area contributed by atoms with Gasteiger partial charge in [-0.3, -0.25) is 0 Å². The lowest BCUT2D eigenvalue weighted by Gasteiger charge is -2.44. The van der Waals surface area contributed by atoms with E-state index in [1.54, 1.807) is 6.26 Å². The lowest BCUT2D eigenvalue weighted by atomic mass is 9.65. The molecule has 2 aliphatic rings. The van der Waals surface area contributed by atoms with Crippen molar-refractivity contribution in [1.29, 1.82) is 0 Å². The highest BCUT2D eigenvalue weighted by Gasteiger charge is 2.47. The summed E-state index contributed by atoms with van der Waals surface area (Å²) in [4.78, 5) is 0. The minimum atomic E-state index is -0.704. The maximum absolute atomic E-state index is 11.5. The largest absolute Gasteiger partial charge is 0.466 e. The lowest BCUT2D eigenvalue weighted by Crippen LogP contribution is -2.44. The van der Waals surface area contributed by atoms with Gasteiger partial charge in [-0.05, 0) is 49.7 Å². The molecule has 1 heterocycles. The van der Waals surface area contributed by atoms with Crippen molar-refractivity contribution >= 4 is 0 Å². The van der Waals surface area contributed by atoms with Gasteiger partial charge in [0, 0.05) is 0 Å². The van der Waals surface area contributed by atoms with E-state index in [2.05, 4.69) is 0 Å². The van der Waals surface area contributed by atoms with Crippen molar-refractivity contribution in [3.05, 3.63) is 24.2 Å². The van der Waals surface area contributed by atoms with Crippen molar-refractivity contribution in [3.63, 3.8) is 0 Å². The van der Waals surface area contributed by atoms with E-state index in [0.717, 1.165) is 31.4 Å². The molecule has 3 rings (SSSR count). The van der Waals surface area contributed by atoms with Crippen LogP contribution in [0.1, 0.15) is 70.0 Å². The van der Waals surface area contributed by atoms with E-state index in [1.807, 2.05) is 12.1 Å². The quantitative estimate of drug-likeness (QED) is 0.861. The molecule has 2 nitrogen and oxygen atoms in total. The first-order valence-electron chi connectivity index (χ1n) is 8.08. The molecule has 0 amide bonds. The Labute approximate surface area is 116 Å². The molecule has 0 radical (unpaired) electrons. The maximum Gasteiger partial charge on any atom is 0.135 e. The zero-order valence-corrected chi connectivity index (χ0v) is 11.8. The Balaban J connectivity index is 1.89. The molecule has 19 heavy (non-hydrogen) atoms. The third kappa shape index (κ3) is 2.47. The standard InChI is InChI=1S/C17H26O2/c18-17(16-12-7-13-19-16,14-8-3-1-4-9-14)15-10-5-2-6-11-15/h7,12-15,18H,1-6,8-11H2. The Morgan fingerprint density at radius 2 is 1.42 bits per heavy atom. The Hall–Kier alpha value is -0.760. The maximum atomic E-state index is 11.5. The van der Waals surface area contributed by atoms with Crippen molar-refractivity contribution in [3.8, 4) is 0 Å². The van der Waals surface area contributed by atoms with Gasteiger partial charge in [0.15, 0.2) is 0 Å². The summed E-state index contributed by atoms with van der Waals surface area (Å²) in [6.07, 6.45) is 14.1. The van der Waals surface area contributed by atoms with Crippen molar-refractivity contribution in [2.24, 2.45) is 11.8 Å². The van der Waals surface area contributed by atoms with Crippen LogP contribution in [0.5, 0.6) is 0 Å². The molecule has 0 aromatic carbocycles. The van der Waals surface area contributed by atoms with Crippen LogP contribution in [0.15, 0.2) is 22.8 Å².